The molecule has 0 spiro atoms. The lowest BCUT2D eigenvalue weighted by atomic mass is 9.80. The van der Waals surface area contributed by atoms with Crippen LogP contribution in [0.15, 0.2) is 43.0 Å². The Hall–Kier alpha value is -2.30. The van der Waals surface area contributed by atoms with Gasteiger partial charge in [0.15, 0.2) is 0 Å². The molecule has 0 radical (unpaired) electrons. The number of nitrogens with zero attached hydrogens (tertiary/aromatic N) is 1. The second-order valence-corrected chi connectivity index (χ2v) is 7.77. The summed E-state index contributed by atoms with van der Waals surface area (Å²) >= 11 is 0. The van der Waals surface area contributed by atoms with Crippen LogP contribution in [0.4, 0.5) is 4.79 Å². The molecular formula is C21H30N2O3. The molecule has 5 nitrogen and oxygen atoms in total. The van der Waals surface area contributed by atoms with Crippen molar-refractivity contribution in [1.82, 2.24) is 10.2 Å². The molecule has 1 aromatic carbocycles. The van der Waals surface area contributed by atoms with Gasteiger partial charge in [-0.1, -0.05) is 36.9 Å². The highest BCUT2D eigenvalue weighted by molar-refractivity contribution is 5.87. The Morgan fingerprint density at radius 2 is 1.88 bits per heavy atom. The van der Waals surface area contributed by atoms with Crippen LogP contribution < -0.4 is 5.32 Å². The zero-order valence-electron chi connectivity index (χ0n) is 16.0. The molecule has 1 aliphatic rings. The highest BCUT2D eigenvalue weighted by Gasteiger charge is 2.29. The van der Waals surface area contributed by atoms with E-state index in [4.69, 9.17) is 4.74 Å². The lowest BCUT2D eigenvalue weighted by Crippen LogP contribution is -2.41. The third-order valence-corrected chi connectivity index (χ3v) is 4.69. The monoisotopic (exact) mass is 358 g/mol. The number of ether oxygens (including phenoxy) is 1. The van der Waals surface area contributed by atoms with E-state index < -0.39 is 11.7 Å². The lowest BCUT2D eigenvalue weighted by molar-refractivity contribution is -0.127. The molecule has 1 unspecified atom stereocenters. The molecule has 1 saturated heterocycles. The van der Waals surface area contributed by atoms with Crippen LogP contribution in [0.5, 0.6) is 0 Å². The summed E-state index contributed by atoms with van der Waals surface area (Å²) in [5, 5.41) is 2.92. The molecule has 2 amide bonds. The first-order chi connectivity index (χ1) is 12.3. The highest BCUT2D eigenvalue weighted by Crippen LogP contribution is 2.32. The van der Waals surface area contributed by atoms with Gasteiger partial charge in [-0.05, 0) is 51.2 Å². The summed E-state index contributed by atoms with van der Waals surface area (Å²) in [5.74, 6) is 0.595. The van der Waals surface area contributed by atoms with Crippen molar-refractivity contribution in [3.05, 3.63) is 48.6 Å². The maximum atomic E-state index is 12.1. The standard InChI is InChI=1S/C21H30N2O3/c1-5-19(24)23-13-11-17(12-14-23)18(16-9-7-6-8-10-16)15-22-20(25)26-21(2,3)4/h5-10,17-18H,1,11-15H2,2-4H3,(H,22,25). The topological polar surface area (TPSA) is 58.6 Å². The van der Waals surface area contributed by atoms with E-state index in [-0.39, 0.29) is 11.8 Å². The maximum absolute atomic E-state index is 12.1. The van der Waals surface area contributed by atoms with Gasteiger partial charge in [0.2, 0.25) is 5.91 Å². The van der Waals surface area contributed by atoms with E-state index in [9.17, 15) is 9.59 Å². The van der Waals surface area contributed by atoms with E-state index in [1.54, 1.807) is 0 Å². The quantitative estimate of drug-likeness (QED) is 0.816. The predicted octanol–water partition coefficient (Wildman–Crippen LogP) is 3.72. The molecule has 1 atom stereocenters. The number of rotatable bonds is 5. The van der Waals surface area contributed by atoms with Crippen LogP contribution in [0.2, 0.25) is 0 Å². The number of nitrogens with one attached hydrogen (secondary N) is 1. The second kappa shape index (κ2) is 8.88. The maximum Gasteiger partial charge on any atom is 0.407 e. The van der Waals surface area contributed by atoms with Crippen molar-refractivity contribution in [2.75, 3.05) is 19.6 Å². The van der Waals surface area contributed by atoms with Gasteiger partial charge in [0.05, 0.1) is 0 Å². The second-order valence-electron chi connectivity index (χ2n) is 7.77. The summed E-state index contributed by atoms with van der Waals surface area (Å²) in [7, 11) is 0. The fourth-order valence-electron chi connectivity index (χ4n) is 3.42. The fraction of sp³-hybridized carbons (Fsp3) is 0.524. The van der Waals surface area contributed by atoms with E-state index >= 15 is 0 Å². The fourth-order valence-corrected chi connectivity index (χ4v) is 3.42. The van der Waals surface area contributed by atoms with Crippen molar-refractivity contribution < 1.29 is 14.3 Å². The number of likely N-dealkylation sites (tertiary alicyclic amines) is 1. The smallest absolute Gasteiger partial charge is 0.407 e. The molecule has 1 heterocycles. The number of hydrogen-bond acceptors (Lipinski definition) is 3. The minimum Gasteiger partial charge on any atom is -0.444 e. The van der Waals surface area contributed by atoms with Gasteiger partial charge in [-0.15, -0.1) is 0 Å². The Morgan fingerprint density at radius 1 is 1.27 bits per heavy atom. The molecule has 1 fully saturated rings. The van der Waals surface area contributed by atoms with Gasteiger partial charge >= 0.3 is 6.09 Å². The molecule has 26 heavy (non-hydrogen) atoms. The molecule has 1 N–H and O–H groups in total. The van der Waals surface area contributed by atoms with E-state index in [0.717, 1.165) is 25.9 Å². The Kier molecular flexibility index (Phi) is 6.83. The van der Waals surface area contributed by atoms with Crippen molar-refractivity contribution in [2.45, 2.75) is 45.1 Å². The van der Waals surface area contributed by atoms with Crippen molar-refractivity contribution in [2.24, 2.45) is 5.92 Å². The summed E-state index contributed by atoms with van der Waals surface area (Å²) in [5.41, 5.74) is 0.694. The molecule has 0 aromatic heterocycles. The number of benzene rings is 1. The zero-order valence-corrected chi connectivity index (χ0v) is 16.0. The Balaban J connectivity index is 2.02. The van der Waals surface area contributed by atoms with Crippen molar-refractivity contribution >= 4 is 12.0 Å². The summed E-state index contributed by atoms with van der Waals surface area (Å²) in [6, 6.07) is 10.2. The molecule has 0 saturated carbocycles. The molecule has 0 bridgehead atoms. The van der Waals surface area contributed by atoms with Crippen molar-refractivity contribution in [1.29, 1.82) is 0 Å². The normalized spacial score (nSPS) is 16.7. The molecule has 2 rings (SSSR count). The van der Waals surface area contributed by atoms with Crippen LogP contribution in [0.3, 0.4) is 0 Å². The van der Waals surface area contributed by atoms with Gasteiger partial charge in [-0.3, -0.25) is 4.79 Å². The van der Waals surface area contributed by atoms with Crippen LogP contribution in [0.25, 0.3) is 0 Å². The number of amides is 2. The zero-order chi connectivity index (χ0) is 19.2. The number of carbonyl (C=O) groups is 2. The van der Waals surface area contributed by atoms with E-state index in [1.165, 1.54) is 11.6 Å². The van der Waals surface area contributed by atoms with Crippen LogP contribution in [0, 0.1) is 5.92 Å². The first-order valence-corrected chi connectivity index (χ1v) is 9.23. The lowest BCUT2D eigenvalue weighted by Gasteiger charge is -2.36. The number of carbonyl (C=O) groups excluding carboxylic acids is 2. The van der Waals surface area contributed by atoms with Gasteiger partial charge in [-0.2, -0.15) is 0 Å². The largest absolute Gasteiger partial charge is 0.444 e. The Labute approximate surface area is 156 Å². The highest BCUT2D eigenvalue weighted by atomic mass is 16.6. The third kappa shape index (κ3) is 5.90. The van der Waals surface area contributed by atoms with Gasteiger partial charge in [0.25, 0.3) is 0 Å². The minimum atomic E-state index is -0.511. The first-order valence-electron chi connectivity index (χ1n) is 9.23. The summed E-state index contributed by atoms with van der Waals surface area (Å²) in [4.78, 5) is 25.7. The van der Waals surface area contributed by atoms with Gasteiger partial charge in [-0.25, -0.2) is 4.79 Å². The van der Waals surface area contributed by atoms with Gasteiger partial charge in [0, 0.05) is 25.6 Å². The van der Waals surface area contributed by atoms with Crippen molar-refractivity contribution in [3.63, 3.8) is 0 Å². The number of piperidine rings is 1. The SMILES string of the molecule is C=CC(=O)N1CCC(C(CNC(=O)OC(C)(C)C)c2ccccc2)CC1. The average molecular weight is 358 g/mol. The van der Waals surface area contributed by atoms with E-state index in [2.05, 4.69) is 24.0 Å². The molecule has 0 aliphatic carbocycles. The Morgan fingerprint density at radius 3 is 2.42 bits per heavy atom. The van der Waals surface area contributed by atoms with E-state index in [1.807, 2.05) is 43.9 Å². The van der Waals surface area contributed by atoms with Crippen LogP contribution in [-0.4, -0.2) is 42.1 Å². The average Bonchev–Trinajstić information content (AvgIpc) is 2.61. The molecule has 1 aliphatic heterocycles. The van der Waals surface area contributed by atoms with Crippen LogP contribution in [0.1, 0.15) is 45.1 Å². The third-order valence-electron chi connectivity index (χ3n) is 4.69. The Bertz CT molecular complexity index is 614. The molecular weight excluding hydrogens is 328 g/mol. The summed E-state index contributed by atoms with van der Waals surface area (Å²) < 4.78 is 5.36. The minimum absolute atomic E-state index is 0.00779. The molecule has 1 aromatic rings. The van der Waals surface area contributed by atoms with Gasteiger partial charge in [0.1, 0.15) is 5.60 Å². The van der Waals surface area contributed by atoms with Crippen molar-refractivity contribution in [3.8, 4) is 0 Å². The van der Waals surface area contributed by atoms with E-state index in [0.29, 0.717) is 12.5 Å². The summed E-state index contributed by atoms with van der Waals surface area (Å²) in [6.45, 7) is 11.1. The van der Waals surface area contributed by atoms with Gasteiger partial charge < -0.3 is 15.0 Å². The van der Waals surface area contributed by atoms with Crippen LogP contribution in [-0.2, 0) is 9.53 Å². The van der Waals surface area contributed by atoms with Crippen LogP contribution >= 0.6 is 0 Å². The molecule has 5 heteroatoms. The predicted molar refractivity (Wildman–Crippen MR) is 103 cm³/mol. The number of hydrogen-bond donors (Lipinski definition) is 1. The number of alkyl carbamates (subject to hydrolysis) is 1. The summed E-state index contributed by atoms with van der Waals surface area (Å²) in [6.07, 6.45) is 2.81. The first kappa shape index (κ1) is 20.0. The molecule has 142 valence electrons.